The van der Waals surface area contributed by atoms with Crippen molar-refractivity contribution in [2.75, 3.05) is 6.54 Å². The maximum absolute atomic E-state index is 11.9. The zero-order chi connectivity index (χ0) is 13.2. The van der Waals surface area contributed by atoms with E-state index >= 15 is 0 Å². The Morgan fingerprint density at radius 2 is 2.16 bits per heavy atom. The number of carbonyl (C=O) groups excluding carboxylic acids is 1. The Labute approximate surface area is 111 Å². The number of fused-ring (bicyclic) bond motifs is 3. The molecular formula is C15H15N3O. The molecule has 0 aliphatic rings. The van der Waals surface area contributed by atoms with Crippen molar-refractivity contribution in [3.63, 3.8) is 0 Å². The summed E-state index contributed by atoms with van der Waals surface area (Å²) in [5.74, 6) is -0.116. The Morgan fingerprint density at radius 1 is 1.32 bits per heavy atom. The van der Waals surface area contributed by atoms with Gasteiger partial charge in [0.25, 0.3) is 5.91 Å². The Kier molecular flexibility index (Phi) is 2.91. The van der Waals surface area contributed by atoms with Gasteiger partial charge in [0.05, 0.1) is 0 Å². The van der Waals surface area contributed by atoms with Crippen molar-refractivity contribution in [1.29, 1.82) is 0 Å². The number of rotatable bonds is 3. The normalized spacial score (nSPS) is 11.0. The number of nitrogens with zero attached hydrogens (tertiary/aromatic N) is 2. The number of benzene rings is 1. The summed E-state index contributed by atoms with van der Waals surface area (Å²) in [5.41, 5.74) is 1.28. The SMILES string of the molecule is CCCNC(=O)c1cn2ccc3ccccc3c2n1. The van der Waals surface area contributed by atoms with Crippen molar-refractivity contribution in [1.82, 2.24) is 14.7 Å². The van der Waals surface area contributed by atoms with Crippen LogP contribution in [0.15, 0.2) is 42.7 Å². The smallest absolute Gasteiger partial charge is 0.271 e. The van der Waals surface area contributed by atoms with Crippen molar-refractivity contribution < 1.29 is 4.79 Å². The van der Waals surface area contributed by atoms with Crippen LogP contribution in [0, 0.1) is 0 Å². The minimum atomic E-state index is -0.116. The van der Waals surface area contributed by atoms with Crippen molar-refractivity contribution in [2.24, 2.45) is 0 Å². The number of aromatic nitrogens is 2. The van der Waals surface area contributed by atoms with Crippen LogP contribution in [0.2, 0.25) is 0 Å². The maximum Gasteiger partial charge on any atom is 0.271 e. The molecule has 1 aromatic carbocycles. The van der Waals surface area contributed by atoms with Crippen LogP contribution in [0.3, 0.4) is 0 Å². The molecule has 2 aromatic heterocycles. The van der Waals surface area contributed by atoms with Crippen LogP contribution in [-0.4, -0.2) is 21.8 Å². The van der Waals surface area contributed by atoms with Crippen molar-refractivity contribution in [3.8, 4) is 0 Å². The maximum atomic E-state index is 11.9. The predicted octanol–water partition coefficient (Wildman–Crippen LogP) is 2.63. The molecular weight excluding hydrogens is 238 g/mol. The first-order valence-corrected chi connectivity index (χ1v) is 6.44. The number of hydrogen-bond donors (Lipinski definition) is 1. The average Bonchev–Trinajstić information content (AvgIpc) is 2.89. The lowest BCUT2D eigenvalue weighted by atomic mass is 10.2. The summed E-state index contributed by atoms with van der Waals surface area (Å²) < 4.78 is 1.89. The molecule has 0 fully saturated rings. The van der Waals surface area contributed by atoms with Gasteiger partial charge in [0.1, 0.15) is 11.3 Å². The molecule has 3 rings (SSSR count). The van der Waals surface area contributed by atoms with Gasteiger partial charge < -0.3 is 9.72 Å². The third-order valence-corrected chi connectivity index (χ3v) is 3.12. The van der Waals surface area contributed by atoms with E-state index in [4.69, 9.17) is 0 Å². The highest BCUT2D eigenvalue weighted by Crippen LogP contribution is 2.19. The number of hydrogen-bond acceptors (Lipinski definition) is 2. The first-order valence-electron chi connectivity index (χ1n) is 6.44. The summed E-state index contributed by atoms with van der Waals surface area (Å²) in [6, 6.07) is 10.1. The fourth-order valence-corrected chi connectivity index (χ4v) is 2.15. The Balaban J connectivity index is 2.10. The van der Waals surface area contributed by atoms with E-state index < -0.39 is 0 Å². The summed E-state index contributed by atoms with van der Waals surface area (Å²) >= 11 is 0. The molecule has 0 spiro atoms. The van der Waals surface area contributed by atoms with Crippen LogP contribution in [-0.2, 0) is 0 Å². The van der Waals surface area contributed by atoms with Crippen LogP contribution < -0.4 is 5.32 Å². The van der Waals surface area contributed by atoms with E-state index in [-0.39, 0.29) is 5.91 Å². The molecule has 0 atom stereocenters. The highest BCUT2D eigenvalue weighted by Gasteiger charge is 2.11. The topological polar surface area (TPSA) is 46.4 Å². The van der Waals surface area contributed by atoms with Gasteiger partial charge in [-0.1, -0.05) is 31.2 Å². The third-order valence-electron chi connectivity index (χ3n) is 3.12. The van der Waals surface area contributed by atoms with E-state index in [1.807, 2.05) is 47.9 Å². The van der Waals surface area contributed by atoms with Crippen LogP contribution >= 0.6 is 0 Å². The van der Waals surface area contributed by atoms with Gasteiger partial charge in [-0.15, -0.1) is 0 Å². The molecule has 1 amide bonds. The molecule has 0 saturated heterocycles. The van der Waals surface area contributed by atoms with Crippen LogP contribution in [0.1, 0.15) is 23.8 Å². The van der Waals surface area contributed by atoms with Crippen molar-refractivity contribution in [2.45, 2.75) is 13.3 Å². The molecule has 19 heavy (non-hydrogen) atoms. The lowest BCUT2D eigenvalue weighted by Gasteiger charge is -1.98. The second-order valence-electron chi connectivity index (χ2n) is 4.52. The lowest BCUT2D eigenvalue weighted by molar-refractivity contribution is 0.0949. The third kappa shape index (κ3) is 2.05. The van der Waals surface area contributed by atoms with Crippen molar-refractivity contribution >= 4 is 22.3 Å². The predicted molar refractivity (Wildman–Crippen MR) is 75.3 cm³/mol. The lowest BCUT2D eigenvalue weighted by Crippen LogP contribution is -2.24. The first-order chi connectivity index (χ1) is 9.29. The van der Waals surface area contributed by atoms with Crippen molar-refractivity contribution in [3.05, 3.63) is 48.4 Å². The quantitative estimate of drug-likeness (QED) is 0.780. The van der Waals surface area contributed by atoms with Gasteiger partial charge in [0.15, 0.2) is 0 Å². The molecule has 0 unspecified atom stereocenters. The van der Waals surface area contributed by atoms with E-state index in [1.54, 1.807) is 6.20 Å². The summed E-state index contributed by atoms with van der Waals surface area (Å²) in [4.78, 5) is 16.4. The fraction of sp³-hybridized carbons (Fsp3) is 0.200. The van der Waals surface area contributed by atoms with Crippen LogP contribution in [0.5, 0.6) is 0 Å². The standard InChI is InChI=1S/C15H15N3O/c1-2-8-16-15(19)13-10-18-9-7-11-5-3-4-6-12(11)14(18)17-13/h3-7,9-10H,2,8H2,1H3,(H,16,19). The number of pyridine rings is 1. The second-order valence-corrected chi connectivity index (χ2v) is 4.52. The molecule has 2 heterocycles. The summed E-state index contributed by atoms with van der Waals surface area (Å²) in [5, 5.41) is 5.02. The average molecular weight is 253 g/mol. The Morgan fingerprint density at radius 3 is 3.00 bits per heavy atom. The van der Waals surface area contributed by atoms with Gasteiger partial charge >= 0.3 is 0 Å². The second kappa shape index (κ2) is 4.72. The number of carbonyl (C=O) groups is 1. The number of imidazole rings is 1. The number of nitrogens with one attached hydrogen (secondary N) is 1. The van der Waals surface area contributed by atoms with Gasteiger partial charge in [0.2, 0.25) is 0 Å². The molecule has 0 bridgehead atoms. The molecule has 1 N–H and O–H groups in total. The first kappa shape index (κ1) is 11.7. The highest BCUT2D eigenvalue weighted by molar-refractivity contribution is 5.97. The summed E-state index contributed by atoms with van der Waals surface area (Å²) in [6.45, 7) is 2.70. The molecule has 0 aliphatic heterocycles. The van der Waals surface area contributed by atoms with E-state index in [2.05, 4.69) is 10.3 Å². The summed E-state index contributed by atoms with van der Waals surface area (Å²) in [7, 11) is 0. The van der Waals surface area contributed by atoms with E-state index in [1.165, 1.54) is 0 Å². The van der Waals surface area contributed by atoms with E-state index in [0.29, 0.717) is 12.2 Å². The largest absolute Gasteiger partial charge is 0.351 e. The zero-order valence-corrected chi connectivity index (χ0v) is 10.8. The van der Waals surface area contributed by atoms with Crippen LogP contribution in [0.4, 0.5) is 0 Å². The van der Waals surface area contributed by atoms with Crippen LogP contribution in [0.25, 0.3) is 16.4 Å². The van der Waals surface area contributed by atoms with E-state index in [9.17, 15) is 4.79 Å². The zero-order valence-electron chi connectivity index (χ0n) is 10.8. The molecule has 0 radical (unpaired) electrons. The van der Waals surface area contributed by atoms with Gasteiger partial charge in [0, 0.05) is 24.3 Å². The molecule has 3 aromatic rings. The molecule has 96 valence electrons. The van der Waals surface area contributed by atoms with Gasteiger partial charge in [-0.25, -0.2) is 4.98 Å². The monoisotopic (exact) mass is 253 g/mol. The van der Waals surface area contributed by atoms with Gasteiger partial charge in [-0.05, 0) is 17.9 Å². The fourth-order valence-electron chi connectivity index (χ4n) is 2.15. The molecule has 4 nitrogen and oxygen atoms in total. The van der Waals surface area contributed by atoms with E-state index in [0.717, 1.165) is 22.8 Å². The Hall–Kier alpha value is -2.36. The minimum absolute atomic E-state index is 0.116. The molecule has 4 heteroatoms. The highest BCUT2D eigenvalue weighted by atomic mass is 16.1. The molecule has 0 saturated carbocycles. The Bertz CT molecular complexity index is 745. The minimum Gasteiger partial charge on any atom is -0.351 e. The molecule has 0 aliphatic carbocycles. The van der Waals surface area contributed by atoms with Gasteiger partial charge in [-0.2, -0.15) is 0 Å². The summed E-state index contributed by atoms with van der Waals surface area (Å²) in [6.07, 6.45) is 4.62. The van der Waals surface area contributed by atoms with Gasteiger partial charge in [-0.3, -0.25) is 4.79 Å². The number of amides is 1.